The summed E-state index contributed by atoms with van der Waals surface area (Å²) in [7, 11) is 0. The molecule has 1 fully saturated rings. The van der Waals surface area contributed by atoms with E-state index >= 15 is 0 Å². The van der Waals surface area contributed by atoms with Crippen LogP contribution in [0.15, 0.2) is 48.5 Å². The van der Waals surface area contributed by atoms with Crippen molar-refractivity contribution in [2.45, 2.75) is 18.9 Å². The van der Waals surface area contributed by atoms with Crippen molar-refractivity contribution < 1.29 is 9.53 Å². The van der Waals surface area contributed by atoms with Crippen molar-refractivity contribution in [3.8, 4) is 0 Å². The number of anilines is 3. The molecule has 1 amide bonds. The first-order valence-corrected chi connectivity index (χ1v) is 8.87. The highest BCUT2D eigenvalue weighted by Gasteiger charge is 2.23. The van der Waals surface area contributed by atoms with E-state index in [-0.39, 0.29) is 11.9 Å². The van der Waals surface area contributed by atoms with Gasteiger partial charge in [0.2, 0.25) is 5.91 Å². The smallest absolute Gasteiger partial charge is 0.226 e. The summed E-state index contributed by atoms with van der Waals surface area (Å²) in [4.78, 5) is 14.8. The van der Waals surface area contributed by atoms with Gasteiger partial charge in [0.05, 0.1) is 24.6 Å². The Kier molecular flexibility index (Phi) is 4.68. The Morgan fingerprint density at radius 1 is 1.16 bits per heavy atom. The molecule has 4 rings (SSSR count). The minimum Gasteiger partial charge on any atom is -0.378 e. The number of fused-ring (bicyclic) bond motifs is 1. The first-order valence-electron chi connectivity index (χ1n) is 8.87. The van der Waals surface area contributed by atoms with Gasteiger partial charge in [-0.3, -0.25) is 4.79 Å². The van der Waals surface area contributed by atoms with Gasteiger partial charge in [0.1, 0.15) is 0 Å². The average Bonchev–Trinajstić information content (AvgIpc) is 3.07. The number of benzene rings is 2. The second kappa shape index (κ2) is 7.25. The van der Waals surface area contributed by atoms with Gasteiger partial charge in [-0.05, 0) is 30.2 Å². The number of nitrogens with zero attached hydrogens (tertiary/aromatic N) is 1. The second-order valence-electron chi connectivity index (χ2n) is 6.53. The van der Waals surface area contributed by atoms with Crippen LogP contribution in [-0.2, 0) is 16.0 Å². The fourth-order valence-corrected chi connectivity index (χ4v) is 3.58. The molecular formula is C20H23N3O2. The van der Waals surface area contributed by atoms with E-state index in [1.165, 1.54) is 11.3 Å². The molecule has 0 aliphatic carbocycles. The van der Waals surface area contributed by atoms with Crippen LogP contribution < -0.4 is 15.5 Å². The Hall–Kier alpha value is -2.37. The summed E-state index contributed by atoms with van der Waals surface area (Å²) in [6.45, 7) is 3.05. The Labute approximate surface area is 148 Å². The molecule has 2 aliphatic heterocycles. The van der Waals surface area contributed by atoms with Crippen molar-refractivity contribution in [3.63, 3.8) is 0 Å². The lowest BCUT2D eigenvalue weighted by molar-refractivity contribution is -0.117. The lowest BCUT2D eigenvalue weighted by Crippen LogP contribution is -2.43. The lowest BCUT2D eigenvalue weighted by atomic mass is 10.1. The Morgan fingerprint density at radius 2 is 1.96 bits per heavy atom. The van der Waals surface area contributed by atoms with Gasteiger partial charge in [-0.2, -0.15) is 0 Å². The van der Waals surface area contributed by atoms with E-state index < -0.39 is 0 Å². The molecule has 130 valence electrons. The van der Waals surface area contributed by atoms with Crippen LogP contribution in [0.4, 0.5) is 17.1 Å². The van der Waals surface area contributed by atoms with Gasteiger partial charge in [-0.1, -0.05) is 30.3 Å². The summed E-state index contributed by atoms with van der Waals surface area (Å²) >= 11 is 0. The minimum absolute atomic E-state index is 0.0166. The van der Waals surface area contributed by atoms with Gasteiger partial charge in [-0.15, -0.1) is 0 Å². The third kappa shape index (κ3) is 3.52. The van der Waals surface area contributed by atoms with Crippen molar-refractivity contribution >= 4 is 23.0 Å². The number of carbonyl (C=O) groups is 1. The molecular weight excluding hydrogens is 314 g/mol. The average molecular weight is 337 g/mol. The molecule has 5 heteroatoms. The summed E-state index contributed by atoms with van der Waals surface area (Å²) in [5, 5.41) is 6.41. The highest BCUT2D eigenvalue weighted by Crippen LogP contribution is 2.38. The SMILES string of the molecule is O=C(CC1COCCN1)Nc1ccccc1N1CCc2ccccc21. The molecule has 2 aromatic carbocycles. The summed E-state index contributed by atoms with van der Waals surface area (Å²) in [6, 6.07) is 16.6. The largest absolute Gasteiger partial charge is 0.378 e. The van der Waals surface area contributed by atoms with Gasteiger partial charge in [-0.25, -0.2) is 0 Å². The highest BCUT2D eigenvalue weighted by atomic mass is 16.5. The fraction of sp³-hybridized carbons (Fsp3) is 0.350. The molecule has 1 unspecified atom stereocenters. The molecule has 0 aromatic heterocycles. The van der Waals surface area contributed by atoms with E-state index in [1.54, 1.807) is 0 Å². The van der Waals surface area contributed by atoms with Gasteiger partial charge >= 0.3 is 0 Å². The number of hydrogen-bond acceptors (Lipinski definition) is 4. The Balaban J connectivity index is 1.51. The van der Waals surface area contributed by atoms with Crippen LogP contribution in [0.3, 0.4) is 0 Å². The van der Waals surface area contributed by atoms with Crippen LogP contribution in [0.5, 0.6) is 0 Å². The summed E-state index contributed by atoms with van der Waals surface area (Å²) in [6.07, 6.45) is 1.45. The molecule has 2 aromatic rings. The highest BCUT2D eigenvalue weighted by molar-refractivity contribution is 5.95. The third-order valence-corrected chi connectivity index (χ3v) is 4.79. The van der Waals surface area contributed by atoms with Crippen LogP contribution in [0.25, 0.3) is 0 Å². The van der Waals surface area contributed by atoms with Crippen LogP contribution in [0.2, 0.25) is 0 Å². The standard InChI is InChI=1S/C20H23N3O2/c24-20(13-16-14-25-12-10-21-16)22-17-6-2-4-8-19(17)23-11-9-15-5-1-3-7-18(15)23/h1-8,16,21H,9-14H2,(H,22,24). The van der Waals surface area contributed by atoms with Crippen LogP contribution >= 0.6 is 0 Å². The quantitative estimate of drug-likeness (QED) is 0.901. The van der Waals surface area contributed by atoms with Gasteiger partial charge in [0.25, 0.3) is 0 Å². The van der Waals surface area contributed by atoms with Crippen molar-refractivity contribution in [1.29, 1.82) is 0 Å². The number of ether oxygens (including phenoxy) is 1. The first kappa shape index (κ1) is 16.1. The molecule has 5 nitrogen and oxygen atoms in total. The summed E-state index contributed by atoms with van der Waals surface area (Å²) < 4.78 is 5.43. The summed E-state index contributed by atoms with van der Waals surface area (Å²) in [5.41, 5.74) is 4.49. The molecule has 2 heterocycles. The number of nitrogens with one attached hydrogen (secondary N) is 2. The molecule has 0 bridgehead atoms. The first-order chi connectivity index (χ1) is 12.3. The molecule has 1 saturated heterocycles. The maximum atomic E-state index is 12.5. The monoisotopic (exact) mass is 337 g/mol. The van der Waals surface area contributed by atoms with Crippen molar-refractivity contribution in [2.75, 3.05) is 36.5 Å². The van der Waals surface area contributed by atoms with E-state index in [2.05, 4.69) is 45.9 Å². The predicted molar refractivity (Wildman–Crippen MR) is 99.5 cm³/mol. The summed E-state index contributed by atoms with van der Waals surface area (Å²) in [5.74, 6) is 0.0166. The lowest BCUT2D eigenvalue weighted by Gasteiger charge is -2.25. The Morgan fingerprint density at radius 3 is 2.80 bits per heavy atom. The predicted octanol–water partition coefficient (Wildman–Crippen LogP) is 2.70. The topological polar surface area (TPSA) is 53.6 Å². The molecule has 1 atom stereocenters. The van der Waals surface area contributed by atoms with Crippen LogP contribution in [0, 0.1) is 0 Å². The van der Waals surface area contributed by atoms with Crippen molar-refractivity contribution in [1.82, 2.24) is 5.32 Å². The number of para-hydroxylation sites is 3. The number of rotatable bonds is 4. The van der Waals surface area contributed by atoms with E-state index in [0.717, 1.165) is 37.5 Å². The molecule has 25 heavy (non-hydrogen) atoms. The zero-order valence-corrected chi connectivity index (χ0v) is 14.2. The maximum Gasteiger partial charge on any atom is 0.226 e. The van der Waals surface area contributed by atoms with Crippen LogP contribution in [-0.4, -0.2) is 38.3 Å². The zero-order chi connectivity index (χ0) is 17.1. The molecule has 0 spiro atoms. The van der Waals surface area contributed by atoms with Gasteiger partial charge in [0, 0.05) is 31.2 Å². The van der Waals surface area contributed by atoms with E-state index in [4.69, 9.17) is 4.74 Å². The molecule has 2 aliphatic rings. The molecule has 0 radical (unpaired) electrons. The number of amides is 1. The zero-order valence-electron chi connectivity index (χ0n) is 14.2. The van der Waals surface area contributed by atoms with Crippen molar-refractivity contribution in [2.24, 2.45) is 0 Å². The van der Waals surface area contributed by atoms with E-state index in [9.17, 15) is 4.79 Å². The fourth-order valence-electron chi connectivity index (χ4n) is 3.58. The number of morpholine rings is 1. The Bertz CT molecular complexity index is 756. The molecule has 0 saturated carbocycles. The van der Waals surface area contributed by atoms with E-state index in [0.29, 0.717) is 13.0 Å². The van der Waals surface area contributed by atoms with Crippen LogP contribution in [0.1, 0.15) is 12.0 Å². The minimum atomic E-state index is 0.0166. The number of hydrogen-bond donors (Lipinski definition) is 2. The third-order valence-electron chi connectivity index (χ3n) is 4.79. The van der Waals surface area contributed by atoms with Gasteiger partial charge in [0.15, 0.2) is 0 Å². The molecule has 2 N–H and O–H groups in total. The number of carbonyl (C=O) groups excluding carboxylic acids is 1. The second-order valence-corrected chi connectivity index (χ2v) is 6.53. The maximum absolute atomic E-state index is 12.5. The van der Waals surface area contributed by atoms with Gasteiger partial charge < -0.3 is 20.3 Å². The van der Waals surface area contributed by atoms with E-state index in [1.807, 2.05) is 18.2 Å². The van der Waals surface area contributed by atoms with Crippen molar-refractivity contribution in [3.05, 3.63) is 54.1 Å². The normalized spacial score (nSPS) is 19.5.